The molecular weight excluding hydrogens is 287 g/mol. The van der Waals surface area contributed by atoms with Crippen molar-refractivity contribution in [2.75, 3.05) is 24.3 Å². The van der Waals surface area contributed by atoms with Crippen molar-refractivity contribution in [2.24, 2.45) is 0 Å². The lowest BCUT2D eigenvalue weighted by molar-refractivity contribution is -0.119. The number of benzene rings is 2. The molecule has 0 saturated heterocycles. The minimum absolute atomic E-state index is 0.0409. The molecule has 0 bridgehead atoms. The number of anilines is 2. The van der Waals surface area contributed by atoms with Crippen molar-refractivity contribution in [3.8, 4) is 0 Å². The summed E-state index contributed by atoms with van der Waals surface area (Å²) in [4.78, 5) is 23.6. The number of halogens is 1. The van der Waals surface area contributed by atoms with Crippen LogP contribution < -0.4 is 10.6 Å². The Balaban J connectivity index is 1.94. The zero-order valence-corrected chi connectivity index (χ0v) is 11.9. The molecule has 2 N–H and O–H groups in total. The number of rotatable bonds is 5. The lowest BCUT2D eigenvalue weighted by atomic mass is 10.2. The first-order chi connectivity index (χ1) is 10.6. The number of carbonyl (C=O) groups excluding carboxylic acids is 2. The topological polar surface area (TPSA) is 67.4 Å². The molecule has 0 spiro atoms. The molecule has 2 aromatic rings. The van der Waals surface area contributed by atoms with Crippen LogP contribution in [0.25, 0.3) is 0 Å². The summed E-state index contributed by atoms with van der Waals surface area (Å²) in [6.45, 7) is -0.495. The summed E-state index contributed by atoms with van der Waals surface area (Å²) in [7, 11) is 1.68. The number of carbonyl (C=O) groups is 2. The van der Waals surface area contributed by atoms with E-state index in [-0.39, 0.29) is 5.69 Å². The van der Waals surface area contributed by atoms with Gasteiger partial charge in [-0.25, -0.2) is 9.18 Å². The Morgan fingerprint density at radius 3 is 2.36 bits per heavy atom. The van der Waals surface area contributed by atoms with Gasteiger partial charge in [-0.2, -0.15) is 0 Å². The first-order valence-corrected chi connectivity index (χ1v) is 6.60. The molecule has 0 aliphatic rings. The molecule has 1 amide bonds. The van der Waals surface area contributed by atoms with E-state index in [1.165, 1.54) is 18.2 Å². The van der Waals surface area contributed by atoms with E-state index < -0.39 is 24.3 Å². The van der Waals surface area contributed by atoms with E-state index in [4.69, 9.17) is 4.74 Å². The van der Waals surface area contributed by atoms with Crippen LogP contribution in [0.5, 0.6) is 0 Å². The number of hydrogen-bond acceptors (Lipinski definition) is 4. The maximum Gasteiger partial charge on any atom is 0.340 e. The quantitative estimate of drug-likeness (QED) is 0.833. The lowest BCUT2D eigenvalue weighted by Crippen LogP contribution is -2.21. The van der Waals surface area contributed by atoms with Crippen LogP contribution in [0, 0.1) is 5.82 Å². The average Bonchev–Trinajstić information content (AvgIpc) is 2.54. The summed E-state index contributed by atoms with van der Waals surface area (Å²) < 4.78 is 18.3. The molecular formula is C16H15FN2O3. The molecule has 0 atom stereocenters. The highest BCUT2D eigenvalue weighted by Gasteiger charge is 2.14. The van der Waals surface area contributed by atoms with Gasteiger partial charge in [-0.15, -0.1) is 0 Å². The van der Waals surface area contributed by atoms with Crippen molar-refractivity contribution in [3.05, 3.63) is 59.9 Å². The van der Waals surface area contributed by atoms with E-state index >= 15 is 0 Å². The fourth-order valence-electron chi connectivity index (χ4n) is 1.84. The van der Waals surface area contributed by atoms with E-state index in [1.807, 2.05) is 0 Å². The summed E-state index contributed by atoms with van der Waals surface area (Å²) in [5.74, 6) is -1.79. The van der Waals surface area contributed by atoms with Crippen LogP contribution in [0.3, 0.4) is 0 Å². The van der Waals surface area contributed by atoms with E-state index in [0.29, 0.717) is 11.3 Å². The van der Waals surface area contributed by atoms with Gasteiger partial charge in [0.2, 0.25) is 0 Å². The Morgan fingerprint density at radius 1 is 1.05 bits per heavy atom. The van der Waals surface area contributed by atoms with Gasteiger partial charge in [-0.05, 0) is 24.3 Å². The van der Waals surface area contributed by atoms with Crippen LogP contribution in [0.2, 0.25) is 0 Å². The fraction of sp³-hybridized carbons (Fsp3) is 0.125. The first-order valence-electron chi connectivity index (χ1n) is 6.60. The van der Waals surface area contributed by atoms with Gasteiger partial charge in [-0.3, -0.25) is 4.79 Å². The molecule has 0 unspecified atom stereocenters. The van der Waals surface area contributed by atoms with Gasteiger partial charge in [0.05, 0.1) is 11.3 Å². The number of amides is 1. The number of ether oxygens (including phenoxy) is 1. The Kier molecular flexibility index (Phi) is 5.08. The van der Waals surface area contributed by atoms with Crippen molar-refractivity contribution in [1.29, 1.82) is 0 Å². The summed E-state index contributed by atoms with van der Waals surface area (Å²) in [5.41, 5.74) is 0.963. The normalized spacial score (nSPS) is 9.91. The second-order valence-electron chi connectivity index (χ2n) is 4.40. The Hall–Kier alpha value is -2.89. The molecule has 114 valence electrons. The van der Waals surface area contributed by atoms with Crippen LogP contribution in [-0.2, 0) is 9.53 Å². The summed E-state index contributed by atoms with van der Waals surface area (Å²) >= 11 is 0. The molecule has 6 heteroatoms. The van der Waals surface area contributed by atoms with Gasteiger partial charge in [0.15, 0.2) is 6.61 Å². The maximum absolute atomic E-state index is 13.4. The van der Waals surface area contributed by atoms with Crippen LogP contribution in [0.4, 0.5) is 15.8 Å². The molecule has 22 heavy (non-hydrogen) atoms. The molecule has 5 nitrogen and oxygen atoms in total. The van der Waals surface area contributed by atoms with E-state index in [0.717, 1.165) is 0 Å². The fourth-order valence-corrected chi connectivity index (χ4v) is 1.84. The number of hydrogen-bond donors (Lipinski definition) is 2. The van der Waals surface area contributed by atoms with E-state index in [2.05, 4.69) is 10.6 Å². The summed E-state index contributed by atoms with van der Waals surface area (Å²) in [6, 6.07) is 12.5. The van der Waals surface area contributed by atoms with Gasteiger partial charge in [0.25, 0.3) is 5.91 Å². The molecule has 0 aliphatic carbocycles. The third kappa shape index (κ3) is 3.82. The van der Waals surface area contributed by atoms with Gasteiger partial charge >= 0.3 is 5.97 Å². The first kappa shape index (κ1) is 15.5. The van der Waals surface area contributed by atoms with Crippen LogP contribution in [-0.4, -0.2) is 25.5 Å². The van der Waals surface area contributed by atoms with Crippen LogP contribution >= 0.6 is 0 Å². The average molecular weight is 302 g/mol. The molecule has 0 radical (unpaired) electrons. The zero-order valence-electron chi connectivity index (χ0n) is 11.9. The number of esters is 1. The Morgan fingerprint density at radius 2 is 1.68 bits per heavy atom. The third-order valence-electron chi connectivity index (χ3n) is 2.90. The van der Waals surface area contributed by atoms with Crippen molar-refractivity contribution in [3.63, 3.8) is 0 Å². The predicted octanol–water partition coefficient (Wildman–Crippen LogP) is 2.66. The second kappa shape index (κ2) is 7.21. The molecule has 0 aromatic heterocycles. The molecule has 2 aromatic carbocycles. The van der Waals surface area contributed by atoms with Crippen LogP contribution in [0.1, 0.15) is 10.4 Å². The van der Waals surface area contributed by atoms with Gasteiger partial charge in [0.1, 0.15) is 5.82 Å². The smallest absolute Gasteiger partial charge is 0.340 e. The summed E-state index contributed by atoms with van der Waals surface area (Å²) in [5, 5.41) is 5.20. The highest BCUT2D eigenvalue weighted by molar-refractivity contribution is 5.98. The zero-order chi connectivity index (χ0) is 15.9. The summed E-state index contributed by atoms with van der Waals surface area (Å²) in [6.07, 6.45) is 0. The third-order valence-corrected chi connectivity index (χ3v) is 2.90. The predicted molar refractivity (Wildman–Crippen MR) is 81.3 cm³/mol. The van der Waals surface area contributed by atoms with Crippen molar-refractivity contribution < 1.29 is 18.7 Å². The molecule has 0 heterocycles. The molecule has 0 fully saturated rings. The van der Waals surface area contributed by atoms with Gasteiger partial charge < -0.3 is 15.4 Å². The molecule has 2 rings (SSSR count). The van der Waals surface area contributed by atoms with Crippen molar-refractivity contribution in [1.82, 2.24) is 0 Å². The van der Waals surface area contributed by atoms with Crippen molar-refractivity contribution >= 4 is 23.3 Å². The van der Waals surface area contributed by atoms with Gasteiger partial charge in [0, 0.05) is 12.7 Å². The van der Waals surface area contributed by atoms with E-state index in [1.54, 1.807) is 37.4 Å². The standard InChI is InChI=1S/C16H15FN2O3/c1-18-13-8-4-2-6-11(13)16(21)22-10-15(20)19-14-9-5-3-7-12(14)17/h2-9,18H,10H2,1H3,(H,19,20). The SMILES string of the molecule is CNc1ccccc1C(=O)OCC(=O)Nc1ccccc1F. The lowest BCUT2D eigenvalue weighted by Gasteiger charge is -2.09. The van der Waals surface area contributed by atoms with Crippen molar-refractivity contribution in [2.45, 2.75) is 0 Å². The highest BCUT2D eigenvalue weighted by Crippen LogP contribution is 2.15. The minimum Gasteiger partial charge on any atom is -0.452 e. The minimum atomic E-state index is -0.631. The monoisotopic (exact) mass is 302 g/mol. The second-order valence-corrected chi connectivity index (χ2v) is 4.40. The maximum atomic E-state index is 13.4. The molecule has 0 aliphatic heterocycles. The number of nitrogens with one attached hydrogen (secondary N) is 2. The Bertz CT molecular complexity index is 689. The largest absolute Gasteiger partial charge is 0.452 e. The van der Waals surface area contributed by atoms with Gasteiger partial charge in [-0.1, -0.05) is 24.3 Å². The molecule has 0 saturated carbocycles. The number of para-hydroxylation sites is 2. The Labute approximate surface area is 127 Å². The highest BCUT2D eigenvalue weighted by atomic mass is 19.1. The van der Waals surface area contributed by atoms with Crippen LogP contribution in [0.15, 0.2) is 48.5 Å². The van der Waals surface area contributed by atoms with E-state index in [9.17, 15) is 14.0 Å².